The van der Waals surface area contributed by atoms with E-state index in [2.05, 4.69) is 0 Å². The molecule has 2 atom stereocenters. The Morgan fingerprint density at radius 2 is 1.78 bits per heavy atom. The number of carbonyl (C=O) groups is 2. The number of nitrogens with two attached hydrogens (primary N) is 1. The van der Waals surface area contributed by atoms with E-state index in [0.29, 0.717) is 37.3 Å². The van der Waals surface area contributed by atoms with Crippen molar-refractivity contribution in [2.24, 2.45) is 17.6 Å². The molecule has 0 radical (unpaired) electrons. The van der Waals surface area contributed by atoms with Crippen LogP contribution in [-0.4, -0.2) is 53.8 Å². The molecule has 0 aromatic carbocycles. The third-order valence-electron chi connectivity index (χ3n) is 4.33. The van der Waals surface area contributed by atoms with Crippen LogP contribution in [0.15, 0.2) is 0 Å². The van der Waals surface area contributed by atoms with Crippen molar-refractivity contribution in [3.05, 3.63) is 0 Å². The van der Waals surface area contributed by atoms with Gasteiger partial charge in [-0.3, -0.25) is 9.59 Å². The quantitative estimate of drug-likeness (QED) is 0.753. The monoisotopic (exact) mass is 251 g/mol. The van der Waals surface area contributed by atoms with Crippen molar-refractivity contribution in [3.63, 3.8) is 0 Å². The molecule has 0 aromatic heterocycles. The minimum atomic E-state index is 0.211. The van der Waals surface area contributed by atoms with Crippen LogP contribution in [0.2, 0.25) is 0 Å². The first kappa shape index (κ1) is 12.0. The van der Waals surface area contributed by atoms with E-state index in [1.807, 2.05) is 9.80 Å². The van der Waals surface area contributed by atoms with Crippen LogP contribution in [0, 0.1) is 11.8 Å². The zero-order valence-corrected chi connectivity index (χ0v) is 10.7. The van der Waals surface area contributed by atoms with E-state index in [0.717, 1.165) is 32.5 Å². The van der Waals surface area contributed by atoms with Crippen LogP contribution in [0.3, 0.4) is 0 Å². The predicted molar refractivity (Wildman–Crippen MR) is 66.6 cm³/mol. The van der Waals surface area contributed by atoms with Gasteiger partial charge in [-0.2, -0.15) is 0 Å². The first-order chi connectivity index (χ1) is 8.67. The van der Waals surface area contributed by atoms with Gasteiger partial charge in [0, 0.05) is 44.4 Å². The van der Waals surface area contributed by atoms with E-state index in [1.165, 1.54) is 0 Å². The third kappa shape index (κ3) is 2.23. The topological polar surface area (TPSA) is 66.6 Å². The number of hydrogen-bond acceptors (Lipinski definition) is 3. The Bertz CT molecular complexity index is 367. The molecule has 100 valence electrons. The molecule has 1 aliphatic carbocycles. The van der Waals surface area contributed by atoms with Crippen LogP contribution < -0.4 is 5.73 Å². The summed E-state index contributed by atoms with van der Waals surface area (Å²) in [4.78, 5) is 27.6. The second-order valence-corrected chi connectivity index (χ2v) is 5.95. The molecule has 0 spiro atoms. The molecule has 3 rings (SSSR count). The largest absolute Gasteiger partial charge is 0.342 e. The second-order valence-electron chi connectivity index (χ2n) is 5.95. The Kier molecular flexibility index (Phi) is 3.01. The predicted octanol–water partition coefficient (Wildman–Crippen LogP) is -0.195. The molecule has 3 aliphatic rings. The fourth-order valence-corrected chi connectivity index (χ4v) is 3.17. The highest BCUT2D eigenvalue weighted by atomic mass is 16.2. The highest BCUT2D eigenvalue weighted by Crippen LogP contribution is 2.33. The SMILES string of the molecule is NCC1CC(=O)N(CC2CC(=O)N(C3CC3)C2)C1. The number of rotatable bonds is 4. The van der Waals surface area contributed by atoms with Crippen molar-refractivity contribution in [1.29, 1.82) is 0 Å². The van der Waals surface area contributed by atoms with E-state index in [9.17, 15) is 9.59 Å². The lowest BCUT2D eigenvalue weighted by Crippen LogP contribution is -2.33. The molecular weight excluding hydrogens is 230 g/mol. The Hall–Kier alpha value is -1.10. The summed E-state index contributed by atoms with van der Waals surface area (Å²) in [6, 6.07) is 0.508. The fraction of sp³-hybridized carbons (Fsp3) is 0.846. The van der Waals surface area contributed by atoms with Crippen molar-refractivity contribution in [3.8, 4) is 0 Å². The number of likely N-dealkylation sites (tertiary alicyclic amines) is 2. The van der Waals surface area contributed by atoms with Crippen molar-refractivity contribution in [2.45, 2.75) is 31.7 Å². The highest BCUT2D eigenvalue weighted by Gasteiger charge is 2.40. The Labute approximate surface area is 107 Å². The van der Waals surface area contributed by atoms with Gasteiger partial charge >= 0.3 is 0 Å². The van der Waals surface area contributed by atoms with Gasteiger partial charge in [0.2, 0.25) is 11.8 Å². The van der Waals surface area contributed by atoms with Crippen LogP contribution >= 0.6 is 0 Å². The van der Waals surface area contributed by atoms with Crippen LogP contribution in [0.1, 0.15) is 25.7 Å². The summed E-state index contributed by atoms with van der Waals surface area (Å²) in [5.41, 5.74) is 5.62. The maximum absolute atomic E-state index is 11.8. The van der Waals surface area contributed by atoms with Gasteiger partial charge in [-0.15, -0.1) is 0 Å². The molecular formula is C13H21N3O2. The van der Waals surface area contributed by atoms with E-state index >= 15 is 0 Å². The molecule has 2 heterocycles. The molecule has 0 bridgehead atoms. The van der Waals surface area contributed by atoms with Gasteiger partial charge in [0.1, 0.15) is 0 Å². The summed E-state index contributed by atoms with van der Waals surface area (Å²) in [6.07, 6.45) is 3.53. The molecule has 18 heavy (non-hydrogen) atoms. The molecule has 2 unspecified atom stereocenters. The standard InChI is InChI=1S/C13H21N3O2/c14-5-9-3-12(17)15(6-9)7-10-4-13(18)16(8-10)11-1-2-11/h9-11H,1-8,14H2. The summed E-state index contributed by atoms with van der Waals surface area (Å²) in [5.74, 6) is 1.14. The Morgan fingerprint density at radius 1 is 1.06 bits per heavy atom. The first-order valence-electron chi connectivity index (χ1n) is 6.94. The zero-order chi connectivity index (χ0) is 12.7. The van der Waals surface area contributed by atoms with Gasteiger partial charge in [0.25, 0.3) is 0 Å². The maximum atomic E-state index is 11.8. The minimum Gasteiger partial charge on any atom is -0.342 e. The summed E-state index contributed by atoms with van der Waals surface area (Å²) in [5, 5.41) is 0. The average molecular weight is 251 g/mol. The van der Waals surface area contributed by atoms with Crippen LogP contribution in [0.5, 0.6) is 0 Å². The van der Waals surface area contributed by atoms with Crippen molar-refractivity contribution < 1.29 is 9.59 Å². The minimum absolute atomic E-state index is 0.211. The lowest BCUT2D eigenvalue weighted by molar-refractivity contribution is -0.129. The molecule has 2 amide bonds. The Morgan fingerprint density at radius 3 is 2.39 bits per heavy atom. The van der Waals surface area contributed by atoms with E-state index in [4.69, 9.17) is 5.73 Å². The van der Waals surface area contributed by atoms with Crippen LogP contribution in [0.4, 0.5) is 0 Å². The first-order valence-corrected chi connectivity index (χ1v) is 6.94. The highest BCUT2D eigenvalue weighted by molar-refractivity contribution is 5.80. The van der Waals surface area contributed by atoms with Crippen LogP contribution in [-0.2, 0) is 9.59 Å². The smallest absolute Gasteiger partial charge is 0.223 e. The van der Waals surface area contributed by atoms with Crippen molar-refractivity contribution >= 4 is 11.8 Å². The summed E-state index contributed by atoms with van der Waals surface area (Å²) in [7, 11) is 0. The van der Waals surface area contributed by atoms with Crippen molar-refractivity contribution in [1.82, 2.24) is 9.80 Å². The maximum Gasteiger partial charge on any atom is 0.223 e. The van der Waals surface area contributed by atoms with Crippen molar-refractivity contribution in [2.75, 3.05) is 26.2 Å². The third-order valence-corrected chi connectivity index (χ3v) is 4.33. The Balaban J connectivity index is 1.54. The molecule has 3 fully saturated rings. The molecule has 0 aromatic rings. The lowest BCUT2D eigenvalue weighted by atomic mass is 10.1. The number of nitrogens with zero attached hydrogens (tertiary/aromatic N) is 2. The van der Waals surface area contributed by atoms with Gasteiger partial charge in [0.15, 0.2) is 0 Å². The van der Waals surface area contributed by atoms with E-state index in [-0.39, 0.29) is 11.8 Å². The normalized spacial score (nSPS) is 32.7. The zero-order valence-electron chi connectivity index (χ0n) is 10.7. The molecule has 2 saturated heterocycles. The molecule has 2 aliphatic heterocycles. The lowest BCUT2D eigenvalue weighted by Gasteiger charge is -2.21. The molecule has 1 saturated carbocycles. The second kappa shape index (κ2) is 4.53. The molecule has 5 nitrogen and oxygen atoms in total. The summed E-state index contributed by atoms with van der Waals surface area (Å²) >= 11 is 0. The van der Waals surface area contributed by atoms with Gasteiger partial charge in [0.05, 0.1) is 0 Å². The van der Waals surface area contributed by atoms with E-state index in [1.54, 1.807) is 0 Å². The number of hydrogen-bond donors (Lipinski definition) is 1. The molecule has 5 heteroatoms. The van der Waals surface area contributed by atoms with Crippen LogP contribution in [0.25, 0.3) is 0 Å². The summed E-state index contributed by atoms with van der Waals surface area (Å²) < 4.78 is 0. The van der Waals surface area contributed by atoms with Gasteiger partial charge in [-0.1, -0.05) is 0 Å². The molecule has 2 N–H and O–H groups in total. The average Bonchev–Trinajstić information content (AvgIpc) is 3.04. The van der Waals surface area contributed by atoms with E-state index < -0.39 is 0 Å². The fourth-order valence-electron chi connectivity index (χ4n) is 3.17. The van der Waals surface area contributed by atoms with Gasteiger partial charge < -0.3 is 15.5 Å². The number of amides is 2. The van der Waals surface area contributed by atoms with Gasteiger partial charge in [-0.05, 0) is 25.3 Å². The van der Waals surface area contributed by atoms with Gasteiger partial charge in [-0.25, -0.2) is 0 Å². The number of carbonyl (C=O) groups excluding carboxylic acids is 2. The summed E-state index contributed by atoms with van der Waals surface area (Å²) in [6.45, 7) is 2.95.